The lowest BCUT2D eigenvalue weighted by Gasteiger charge is -2.22. The lowest BCUT2D eigenvalue weighted by molar-refractivity contribution is 0.231. The van der Waals surface area contributed by atoms with E-state index in [1.54, 1.807) is 11.1 Å². The van der Waals surface area contributed by atoms with E-state index in [-0.39, 0.29) is 6.03 Å². The van der Waals surface area contributed by atoms with E-state index in [2.05, 4.69) is 32.7 Å². The number of pyridine rings is 2. The third-order valence-corrected chi connectivity index (χ3v) is 5.50. The standard InChI is InChI=1S/C27H30N6O/c1-20-8-7-17-33(19-20)27(34)31-25-13-12-24(21-9-6-11-23(18-21)32(2)3)30-26(25)29-16-14-22-10-4-5-15-28-22/h4-13,15,18-19H,14,16-17H2,1-3H3,(H,29,30)(H,31,34). The summed E-state index contributed by atoms with van der Waals surface area (Å²) in [4.78, 5) is 25.9. The largest absolute Gasteiger partial charge is 0.378 e. The van der Waals surface area contributed by atoms with Crippen LogP contribution in [0.1, 0.15) is 12.6 Å². The minimum absolute atomic E-state index is 0.194. The number of benzene rings is 1. The molecule has 1 aromatic carbocycles. The molecule has 0 spiro atoms. The number of allylic oxidation sites excluding steroid dienone is 2. The van der Waals surface area contributed by atoms with Crippen LogP contribution in [0.5, 0.6) is 0 Å². The molecule has 2 amide bonds. The molecule has 0 bridgehead atoms. The monoisotopic (exact) mass is 454 g/mol. The summed E-state index contributed by atoms with van der Waals surface area (Å²) in [6.07, 6.45) is 8.36. The van der Waals surface area contributed by atoms with Gasteiger partial charge in [0.15, 0.2) is 5.82 Å². The van der Waals surface area contributed by atoms with Gasteiger partial charge in [-0.25, -0.2) is 9.78 Å². The Labute approximate surface area is 200 Å². The van der Waals surface area contributed by atoms with E-state index >= 15 is 0 Å². The molecule has 1 aliphatic heterocycles. The molecule has 7 heteroatoms. The number of carbonyl (C=O) groups is 1. The highest BCUT2D eigenvalue weighted by molar-refractivity contribution is 5.93. The predicted molar refractivity (Wildman–Crippen MR) is 139 cm³/mol. The Morgan fingerprint density at radius 3 is 2.76 bits per heavy atom. The third-order valence-electron chi connectivity index (χ3n) is 5.50. The molecular formula is C27H30N6O. The van der Waals surface area contributed by atoms with Gasteiger partial charge in [0.25, 0.3) is 0 Å². The predicted octanol–water partition coefficient (Wildman–Crippen LogP) is 5.17. The number of rotatable bonds is 7. The highest BCUT2D eigenvalue weighted by atomic mass is 16.2. The van der Waals surface area contributed by atoms with Crippen molar-refractivity contribution in [2.45, 2.75) is 13.3 Å². The molecule has 0 fully saturated rings. The van der Waals surface area contributed by atoms with E-state index in [0.717, 1.165) is 34.6 Å². The minimum Gasteiger partial charge on any atom is -0.378 e. The van der Waals surface area contributed by atoms with Crippen molar-refractivity contribution in [3.05, 3.63) is 90.4 Å². The lowest BCUT2D eigenvalue weighted by Crippen LogP contribution is -2.32. The highest BCUT2D eigenvalue weighted by Crippen LogP contribution is 2.28. The molecule has 0 saturated heterocycles. The maximum atomic E-state index is 12.9. The van der Waals surface area contributed by atoms with E-state index < -0.39 is 0 Å². The molecule has 2 aromatic heterocycles. The summed E-state index contributed by atoms with van der Waals surface area (Å²) in [5.74, 6) is 0.630. The average Bonchev–Trinajstić information content (AvgIpc) is 2.85. The number of nitrogens with zero attached hydrogens (tertiary/aromatic N) is 4. The van der Waals surface area contributed by atoms with Crippen LogP contribution >= 0.6 is 0 Å². The SMILES string of the molecule is CC1=CN(C(=O)Nc2ccc(-c3cccc(N(C)C)c3)nc2NCCc2ccccn2)CC=C1. The van der Waals surface area contributed by atoms with Crippen molar-refractivity contribution in [3.63, 3.8) is 0 Å². The number of amides is 2. The first-order chi connectivity index (χ1) is 16.5. The summed E-state index contributed by atoms with van der Waals surface area (Å²) in [5.41, 5.74) is 5.61. The van der Waals surface area contributed by atoms with Crippen LogP contribution in [0.3, 0.4) is 0 Å². The zero-order chi connectivity index (χ0) is 23.9. The van der Waals surface area contributed by atoms with Gasteiger partial charge in [0.05, 0.1) is 11.4 Å². The number of anilines is 3. The minimum atomic E-state index is -0.194. The molecule has 3 heterocycles. The first-order valence-electron chi connectivity index (χ1n) is 11.3. The molecule has 34 heavy (non-hydrogen) atoms. The van der Waals surface area contributed by atoms with Gasteiger partial charge in [0, 0.05) is 62.9 Å². The fraction of sp³-hybridized carbons (Fsp3) is 0.222. The van der Waals surface area contributed by atoms with Crippen molar-refractivity contribution in [2.24, 2.45) is 0 Å². The van der Waals surface area contributed by atoms with E-state index in [9.17, 15) is 4.79 Å². The Kier molecular flexibility index (Phi) is 7.22. The quantitative estimate of drug-likeness (QED) is 0.515. The summed E-state index contributed by atoms with van der Waals surface area (Å²) in [7, 11) is 4.03. The number of hydrogen-bond donors (Lipinski definition) is 2. The Morgan fingerprint density at radius 2 is 2.00 bits per heavy atom. The van der Waals surface area contributed by atoms with Gasteiger partial charge < -0.3 is 15.5 Å². The molecular weight excluding hydrogens is 424 g/mol. The van der Waals surface area contributed by atoms with E-state index in [1.807, 2.05) is 81.8 Å². The van der Waals surface area contributed by atoms with Crippen LogP contribution in [0.4, 0.5) is 22.0 Å². The summed E-state index contributed by atoms with van der Waals surface area (Å²) in [5, 5.41) is 6.42. The zero-order valence-electron chi connectivity index (χ0n) is 19.8. The number of carbonyl (C=O) groups excluding carboxylic acids is 1. The van der Waals surface area contributed by atoms with Gasteiger partial charge in [-0.05, 0) is 48.9 Å². The molecule has 174 valence electrons. The summed E-state index contributed by atoms with van der Waals surface area (Å²) in [6.45, 7) is 3.15. The van der Waals surface area contributed by atoms with Crippen molar-refractivity contribution < 1.29 is 4.79 Å². The topological polar surface area (TPSA) is 73.4 Å². The van der Waals surface area contributed by atoms with Gasteiger partial charge in [-0.2, -0.15) is 0 Å². The normalized spacial score (nSPS) is 12.8. The molecule has 0 radical (unpaired) electrons. The number of nitrogens with one attached hydrogen (secondary N) is 2. The second kappa shape index (κ2) is 10.7. The van der Waals surface area contributed by atoms with Crippen molar-refractivity contribution in [1.29, 1.82) is 0 Å². The first kappa shape index (κ1) is 23.0. The second-order valence-electron chi connectivity index (χ2n) is 8.39. The van der Waals surface area contributed by atoms with Crippen LogP contribution < -0.4 is 15.5 Å². The van der Waals surface area contributed by atoms with Crippen molar-refractivity contribution >= 4 is 23.2 Å². The average molecular weight is 455 g/mol. The fourth-order valence-corrected chi connectivity index (χ4v) is 3.68. The van der Waals surface area contributed by atoms with Gasteiger partial charge in [0.2, 0.25) is 0 Å². The van der Waals surface area contributed by atoms with Gasteiger partial charge >= 0.3 is 6.03 Å². The Balaban J connectivity index is 1.58. The Bertz CT molecular complexity index is 1200. The van der Waals surface area contributed by atoms with Gasteiger partial charge in [-0.3, -0.25) is 9.88 Å². The van der Waals surface area contributed by atoms with Crippen molar-refractivity contribution in [1.82, 2.24) is 14.9 Å². The number of urea groups is 1. The zero-order valence-corrected chi connectivity index (χ0v) is 19.8. The molecule has 1 aliphatic rings. The summed E-state index contributed by atoms with van der Waals surface area (Å²) in [6, 6.07) is 17.8. The van der Waals surface area contributed by atoms with Crippen molar-refractivity contribution in [3.8, 4) is 11.3 Å². The smallest absolute Gasteiger partial charge is 0.326 e. The molecule has 0 saturated carbocycles. The molecule has 0 aliphatic carbocycles. The van der Waals surface area contributed by atoms with Crippen LogP contribution in [0.25, 0.3) is 11.3 Å². The van der Waals surface area contributed by atoms with Gasteiger partial charge in [0.1, 0.15) is 0 Å². The molecule has 3 aromatic rings. The van der Waals surface area contributed by atoms with Crippen LogP contribution in [0, 0.1) is 0 Å². The molecule has 4 rings (SSSR count). The van der Waals surface area contributed by atoms with Crippen LogP contribution in [0.15, 0.2) is 84.7 Å². The summed E-state index contributed by atoms with van der Waals surface area (Å²) < 4.78 is 0. The van der Waals surface area contributed by atoms with Gasteiger partial charge in [-0.1, -0.05) is 30.4 Å². The lowest BCUT2D eigenvalue weighted by atomic mass is 10.1. The molecule has 0 unspecified atom stereocenters. The molecule has 2 N–H and O–H groups in total. The number of hydrogen-bond acceptors (Lipinski definition) is 5. The summed E-state index contributed by atoms with van der Waals surface area (Å²) >= 11 is 0. The fourth-order valence-electron chi connectivity index (χ4n) is 3.68. The Morgan fingerprint density at radius 1 is 1.12 bits per heavy atom. The van der Waals surface area contributed by atoms with Crippen LogP contribution in [-0.2, 0) is 6.42 Å². The van der Waals surface area contributed by atoms with E-state index in [1.165, 1.54) is 0 Å². The maximum absolute atomic E-state index is 12.9. The van der Waals surface area contributed by atoms with E-state index in [4.69, 9.17) is 4.98 Å². The van der Waals surface area contributed by atoms with E-state index in [0.29, 0.717) is 24.6 Å². The second-order valence-corrected chi connectivity index (χ2v) is 8.39. The third kappa shape index (κ3) is 5.81. The van der Waals surface area contributed by atoms with Crippen LogP contribution in [-0.4, -0.2) is 48.1 Å². The van der Waals surface area contributed by atoms with Crippen molar-refractivity contribution in [2.75, 3.05) is 42.7 Å². The highest BCUT2D eigenvalue weighted by Gasteiger charge is 2.16. The maximum Gasteiger partial charge on any atom is 0.326 e. The first-order valence-corrected chi connectivity index (χ1v) is 11.3. The molecule has 7 nitrogen and oxygen atoms in total. The van der Waals surface area contributed by atoms with Gasteiger partial charge in [-0.15, -0.1) is 0 Å². The number of aromatic nitrogens is 2. The molecule has 0 atom stereocenters. The Hall–Kier alpha value is -4.13. The van der Waals surface area contributed by atoms with Crippen LogP contribution in [0.2, 0.25) is 0 Å².